The topological polar surface area (TPSA) is 70.6 Å². The number of hydrogen-bond donors (Lipinski definition) is 0. The number of hydrogen-bond acceptors (Lipinski definition) is 5. The first-order valence-electron chi connectivity index (χ1n) is 7.97. The second-order valence-corrected chi connectivity index (χ2v) is 8.88. The maximum atomic E-state index is 12.7. The molecule has 1 aliphatic heterocycles. The molecule has 0 aliphatic carbocycles. The molecule has 1 saturated heterocycles. The molecule has 0 spiro atoms. The lowest BCUT2D eigenvalue weighted by Crippen LogP contribution is -2.50. The highest BCUT2D eigenvalue weighted by Gasteiger charge is 2.31. The van der Waals surface area contributed by atoms with E-state index in [1.807, 2.05) is 6.26 Å². The van der Waals surface area contributed by atoms with Crippen LogP contribution in [0.5, 0.6) is 0 Å². The fourth-order valence-electron chi connectivity index (χ4n) is 2.77. The number of amides is 1. The van der Waals surface area contributed by atoms with Crippen LogP contribution in [0, 0.1) is 0 Å². The lowest BCUT2D eigenvalue weighted by Gasteiger charge is -2.34. The highest BCUT2D eigenvalue weighted by Crippen LogP contribution is 2.22. The number of carbonyl (C=O) groups is 1. The third-order valence-corrected chi connectivity index (χ3v) is 7.05. The summed E-state index contributed by atoms with van der Waals surface area (Å²) in [6, 6.07) is 9.58. The van der Waals surface area contributed by atoms with Gasteiger partial charge in [0.05, 0.1) is 10.5 Å². The zero-order valence-corrected chi connectivity index (χ0v) is 16.5. The van der Waals surface area contributed by atoms with Crippen LogP contribution in [0.3, 0.4) is 0 Å². The monoisotopic (exact) mass is 411 g/mol. The second kappa shape index (κ2) is 7.96. The van der Waals surface area contributed by atoms with E-state index in [2.05, 4.69) is 4.98 Å². The van der Waals surface area contributed by atoms with Crippen LogP contribution in [-0.2, 0) is 10.0 Å². The number of aromatic nitrogens is 1. The number of halogens is 1. The lowest BCUT2D eigenvalue weighted by atomic mass is 10.2. The Morgan fingerprint density at radius 2 is 1.77 bits per heavy atom. The van der Waals surface area contributed by atoms with Crippen molar-refractivity contribution >= 4 is 39.3 Å². The molecule has 1 aliphatic rings. The maximum absolute atomic E-state index is 12.7. The van der Waals surface area contributed by atoms with Gasteiger partial charge >= 0.3 is 0 Å². The van der Waals surface area contributed by atoms with Gasteiger partial charge in [-0.1, -0.05) is 11.6 Å². The van der Waals surface area contributed by atoms with Crippen molar-refractivity contribution in [2.24, 2.45) is 0 Å². The summed E-state index contributed by atoms with van der Waals surface area (Å²) in [7, 11) is -3.59. The molecule has 1 aromatic heterocycles. The van der Waals surface area contributed by atoms with Crippen LogP contribution in [0.25, 0.3) is 0 Å². The smallest absolute Gasteiger partial charge is 0.256 e. The number of carbonyl (C=O) groups excluding carboxylic acids is 1. The molecule has 138 valence electrons. The zero-order valence-electron chi connectivity index (χ0n) is 14.1. The average molecular weight is 412 g/mol. The summed E-state index contributed by atoms with van der Waals surface area (Å²) in [5, 5.41) is 1.16. The second-order valence-electron chi connectivity index (χ2n) is 5.71. The van der Waals surface area contributed by atoms with Gasteiger partial charge in [0, 0.05) is 37.4 Å². The maximum Gasteiger partial charge on any atom is 0.256 e. The van der Waals surface area contributed by atoms with E-state index >= 15 is 0 Å². The molecule has 0 N–H and O–H groups in total. The summed E-state index contributed by atoms with van der Waals surface area (Å²) in [6.07, 6.45) is 3.52. The van der Waals surface area contributed by atoms with Gasteiger partial charge in [0.25, 0.3) is 5.91 Å². The molecule has 0 saturated carbocycles. The van der Waals surface area contributed by atoms with E-state index in [1.54, 1.807) is 35.4 Å². The highest BCUT2D eigenvalue weighted by molar-refractivity contribution is 7.98. The number of benzene rings is 1. The Hall–Kier alpha value is -1.61. The molecule has 1 aromatic carbocycles. The summed E-state index contributed by atoms with van der Waals surface area (Å²) in [5.41, 5.74) is 0.550. The molecule has 2 aromatic rings. The predicted octanol–water partition coefficient (Wildman–Crippen LogP) is 2.60. The zero-order chi connectivity index (χ0) is 18.7. The quantitative estimate of drug-likeness (QED) is 0.723. The van der Waals surface area contributed by atoms with Gasteiger partial charge in [-0.05, 0) is 42.7 Å². The van der Waals surface area contributed by atoms with E-state index < -0.39 is 10.0 Å². The molecule has 0 bridgehead atoms. The lowest BCUT2D eigenvalue weighted by molar-refractivity contribution is 0.0693. The van der Waals surface area contributed by atoms with Crippen LogP contribution < -0.4 is 0 Å². The number of sulfonamides is 1. The van der Waals surface area contributed by atoms with Crippen LogP contribution in [0.1, 0.15) is 10.4 Å². The number of piperazine rings is 1. The SMILES string of the molecule is CSc1ncccc1C(=O)N1CCN(S(=O)(=O)c2ccc(Cl)cc2)CC1. The van der Waals surface area contributed by atoms with Gasteiger partial charge in [-0.2, -0.15) is 4.31 Å². The molecule has 1 fully saturated rings. The largest absolute Gasteiger partial charge is 0.336 e. The summed E-state index contributed by atoms with van der Waals surface area (Å²) in [6.45, 7) is 1.19. The molecule has 0 radical (unpaired) electrons. The Balaban J connectivity index is 1.71. The standard InChI is InChI=1S/C17H18ClN3O3S2/c1-25-16-15(3-2-8-19-16)17(22)20-9-11-21(12-10-20)26(23,24)14-6-4-13(18)5-7-14/h2-8H,9-12H2,1H3. The Labute approximate surface area is 162 Å². The van der Waals surface area contributed by atoms with Gasteiger partial charge in [0.1, 0.15) is 5.03 Å². The normalized spacial score (nSPS) is 15.8. The van der Waals surface area contributed by atoms with E-state index in [4.69, 9.17) is 11.6 Å². The fourth-order valence-corrected chi connectivity index (χ4v) is 4.86. The minimum Gasteiger partial charge on any atom is -0.336 e. The van der Waals surface area contributed by atoms with Gasteiger partial charge in [-0.25, -0.2) is 13.4 Å². The summed E-state index contributed by atoms with van der Waals surface area (Å²) in [4.78, 5) is 18.8. The Morgan fingerprint density at radius 3 is 2.38 bits per heavy atom. The van der Waals surface area contributed by atoms with Gasteiger partial charge < -0.3 is 4.90 Å². The molecular weight excluding hydrogens is 394 g/mol. The van der Waals surface area contributed by atoms with E-state index in [-0.39, 0.29) is 23.9 Å². The molecule has 3 rings (SSSR count). The van der Waals surface area contributed by atoms with Gasteiger partial charge in [-0.3, -0.25) is 4.79 Å². The molecule has 0 atom stereocenters. The molecular formula is C17H18ClN3O3S2. The number of nitrogens with zero attached hydrogens (tertiary/aromatic N) is 3. The van der Waals surface area contributed by atoms with Crippen molar-refractivity contribution in [2.75, 3.05) is 32.4 Å². The Morgan fingerprint density at radius 1 is 1.12 bits per heavy atom. The van der Waals surface area contributed by atoms with E-state index in [9.17, 15) is 13.2 Å². The van der Waals surface area contributed by atoms with Crippen molar-refractivity contribution in [2.45, 2.75) is 9.92 Å². The minimum atomic E-state index is -3.59. The minimum absolute atomic E-state index is 0.119. The summed E-state index contributed by atoms with van der Waals surface area (Å²) < 4.78 is 26.8. The highest BCUT2D eigenvalue weighted by atomic mass is 35.5. The van der Waals surface area contributed by atoms with E-state index in [0.717, 1.165) is 0 Å². The third-order valence-electron chi connectivity index (χ3n) is 4.17. The third kappa shape index (κ3) is 3.88. The van der Waals surface area contributed by atoms with Crippen molar-refractivity contribution in [3.05, 3.63) is 53.2 Å². The van der Waals surface area contributed by atoms with Gasteiger partial charge in [-0.15, -0.1) is 11.8 Å². The van der Waals surface area contributed by atoms with Crippen molar-refractivity contribution < 1.29 is 13.2 Å². The first kappa shape index (κ1) is 19.2. The summed E-state index contributed by atoms with van der Waals surface area (Å²) in [5.74, 6) is -0.119. The molecule has 6 nitrogen and oxygen atoms in total. The first-order chi connectivity index (χ1) is 12.4. The summed E-state index contributed by atoms with van der Waals surface area (Å²) >= 11 is 7.24. The Bertz CT molecular complexity index is 896. The van der Waals surface area contributed by atoms with Crippen molar-refractivity contribution in [3.8, 4) is 0 Å². The predicted molar refractivity (Wildman–Crippen MR) is 102 cm³/mol. The molecule has 2 heterocycles. The van der Waals surface area contributed by atoms with Crippen LogP contribution in [0.4, 0.5) is 0 Å². The molecule has 0 unspecified atom stereocenters. The Kier molecular flexibility index (Phi) is 5.86. The van der Waals surface area contributed by atoms with Crippen LogP contribution in [-0.4, -0.2) is 60.9 Å². The number of pyridine rings is 1. The molecule has 26 heavy (non-hydrogen) atoms. The van der Waals surface area contributed by atoms with Crippen molar-refractivity contribution in [1.82, 2.24) is 14.2 Å². The average Bonchev–Trinajstić information content (AvgIpc) is 2.68. The molecule has 9 heteroatoms. The first-order valence-corrected chi connectivity index (χ1v) is 11.0. The fraction of sp³-hybridized carbons (Fsp3) is 0.294. The number of thioether (sulfide) groups is 1. The van der Waals surface area contributed by atoms with Crippen LogP contribution >= 0.6 is 23.4 Å². The number of rotatable bonds is 4. The van der Waals surface area contributed by atoms with Gasteiger partial charge in [0.15, 0.2) is 0 Å². The van der Waals surface area contributed by atoms with Crippen LogP contribution in [0.15, 0.2) is 52.5 Å². The van der Waals surface area contributed by atoms with E-state index in [0.29, 0.717) is 28.7 Å². The van der Waals surface area contributed by atoms with Crippen molar-refractivity contribution in [3.63, 3.8) is 0 Å². The molecule has 1 amide bonds. The van der Waals surface area contributed by atoms with Crippen molar-refractivity contribution in [1.29, 1.82) is 0 Å². The van der Waals surface area contributed by atoms with Crippen LogP contribution in [0.2, 0.25) is 5.02 Å². The van der Waals surface area contributed by atoms with Gasteiger partial charge in [0.2, 0.25) is 10.0 Å². The van der Waals surface area contributed by atoms with E-state index in [1.165, 1.54) is 28.2 Å².